The number of anilines is 1. The molecule has 2 atom stereocenters. The van der Waals surface area contributed by atoms with E-state index in [2.05, 4.69) is 15.6 Å². The number of aliphatic hydroxyl groups excluding tert-OH is 1. The topological polar surface area (TPSA) is 166 Å². The highest BCUT2D eigenvalue weighted by Gasteiger charge is 2.35. The molecule has 1 aliphatic carbocycles. The number of alkyl carbamates (subject to hydrolysis) is 1. The smallest absolute Gasteiger partial charge is 0.407 e. The van der Waals surface area contributed by atoms with Gasteiger partial charge in [-0.25, -0.2) is 18.2 Å². The fourth-order valence-electron chi connectivity index (χ4n) is 5.05. The van der Waals surface area contributed by atoms with Crippen LogP contribution in [0.1, 0.15) is 38.2 Å². The number of aromatic nitrogens is 1. The van der Waals surface area contributed by atoms with E-state index >= 15 is 0 Å². The first kappa shape index (κ1) is 32.2. The zero-order chi connectivity index (χ0) is 31.1. The number of hydrogen-bond acceptors (Lipinski definition) is 11. The Labute approximate surface area is 259 Å². The molecule has 15 heteroatoms. The highest BCUT2D eigenvalue weighted by molar-refractivity contribution is 7.89. The summed E-state index contributed by atoms with van der Waals surface area (Å²) < 4.78 is 45.2. The summed E-state index contributed by atoms with van der Waals surface area (Å²) in [6, 6.07) is 12.7. The van der Waals surface area contributed by atoms with Gasteiger partial charge in [-0.05, 0) is 43.0 Å². The molecule has 1 aromatic heterocycles. The van der Waals surface area contributed by atoms with Crippen molar-refractivity contribution in [3.05, 3.63) is 54.1 Å². The van der Waals surface area contributed by atoms with E-state index in [0.29, 0.717) is 28.2 Å². The molecule has 1 saturated carbocycles. The number of nitrogens with one attached hydrogen (secondary N) is 2. The van der Waals surface area contributed by atoms with E-state index in [-0.39, 0.29) is 43.3 Å². The highest BCUT2D eigenvalue weighted by Crippen LogP contribution is 2.31. The average molecular weight is 649 g/mol. The van der Waals surface area contributed by atoms with Crippen LogP contribution in [0.3, 0.4) is 0 Å². The van der Waals surface area contributed by atoms with Crippen LogP contribution in [0.4, 0.5) is 9.93 Å². The molecule has 2 amide bonds. The van der Waals surface area contributed by atoms with Gasteiger partial charge in [0.15, 0.2) is 11.2 Å². The Balaban J connectivity index is 1.38. The number of benzene rings is 2. The number of thiazole rings is 1. The minimum Gasteiger partial charge on any atom is -0.441 e. The number of sulfonamides is 1. The van der Waals surface area contributed by atoms with Gasteiger partial charge in [-0.1, -0.05) is 59.0 Å². The number of amides is 2. The van der Waals surface area contributed by atoms with Crippen LogP contribution in [-0.4, -0.2) is 85.9 Å². The fraction of sp³-hybridized carbons (Fsp3) is 0.483. The fourth-order valence-corrected chi connectivity index (χ4v) is 7.40. The zero-order valence-electron chi connectivity index (χ0n) is 24.2. The van der Waals surface area contributed by atoms with Gasteiger partial charge in [-0.3, -0.25) is 9.63 Å². The van der Waals surface area contributed by atoms with Crippen molar-refractivity contribution < 1.29 is 42.2 Å². The van der Waals surface area contributed by atoms with Gasteiger partial charge in [-0.15, -0.1) is 0 Å². The monoisotopic (exact) mass is 648 g/mol. The summed E-state index contributed by atoms with van der Waals surface area (Å²) in [5, 5.41) is 17.2. The van der Waals surface area contributed by atoms with Crippen molar-refractivity contribution in [3.8, 4) is 0 Å². The number of fused-ring (bicyclic) bond motifs is 1. The van der Waals surface area contributed by atoms with Gasteiger partial charge in [0.05, 0.1) is 53.1 Å². The number of nitrogens with zero attached hydrogens (tertiary/aromatic N) is 2. The van der Waals surface area contributed by atoms with Gasteiger partial charge >= 0.3 is 6.09 Å². The first-order chi connectivity index (χ1) is 21.2. The van der Waals surface area contributed by atoms with Crippen LogP contribution >= 0.6 is 11.3 Å². The molecular weight excluding hydrogens is 612 g/mol. The Hall–Kier alpha value is -3.18. The van der Waals surface area contributed by atoms with E-state index < -0.39 is 40.9 Å². The SMILES string of the molecule is CC(=O)Nc1nc2ccc(S(=O)(=O)N(C[C@@H](O)[C@H](Cc3ccccc3)NC(=O)OC3COCOC3)OC3CCCC3)cc2s1. The predicted molar refractivity (Wildman–Crippen MR) is 161 cm³/mol. The Morgan fingerprint density at radius 2 is 1.84 bits per heavy atom. The van der Waals surface area contributed by atoms with Crippen LogP contribution < -0.4 is 10.6 Å². The molecular formula is C29H36N4O9S2. The number of rotatable bonds is 12. The largest absolute Gasteiger partial charge is 0.441 e. The molecule has 0 radical (unpaired) electrons. The molecule has 0 unspecified atom stereocenters. The van der Waals surface area contributed by atoms with Crippen LogP contribution in [0.2, 0.25) is 0 Å². The average Bonchev–Trinajstić information content (AvgIpc) is 3.66. The molecule has 2 aromatic carbocycles. The minimum atomic E-state index is -4.28. The number of hydrogen-bond donors (Lipinski definition) is 3. The first-order valence-corrected chi connectivity index (χ1v) is 16.7. The Morgan fingerprint density at radius 1 is 1.11 bits per heavy atom. The van der Waals surface area contributed by atoms with Gasteiger partial charge in [-0.2, -0.15) is 0 Å². The number of ether oxygens (including phenoxy) is 3. The molecule has 3 aromatic rings. The van der Waals surface area contributed by atoms with Crippen LogP contribution in [0.25, 0.3) is 10.2 Å². The molecule has 238 valence electrons. The van der Waals surface area contributed by atoms with Crippen molar-refractivity contribution in [2.24, 2.45) is 0 Å². The lowest BCUT2D eigenvalue weighted by Gasteiger charge is -2.31. The molecule has 44 heavy (non-hydrogen) atoms. The second-order valence-corrected chi connectivity index (χ2v) is 13.6. The summed E-state index contributed by atoms with van der Waals surface area (Å²) in [4.78, 5) is 34.6. The molecule has 2 aliphatic rings. The molecule has 1 aliphatic heterocycles. The van der Waals surface area contributed by atoms with Crippen molar-refractivity contribution in [1.82, 2.24) is 14.8 Å². The standard InChI is InChI=1S/C29H36N4O9S2/c1-19(34)30-28-31-24-12-11-23(14-27(24)43-28)44(37,38)33(42-21-9-5-6-10-21)15-26(35)25(13-20-7-3-2-4-8-20)32-29(36)41-22-16-39-18-40-17-22/h2-4,7-8,11-12,14,21-22,25-26,35H,5-6,9-10,13,15-18H2,1H3,(H,32,36)(H,30,31,34)/t25-,26+/m0/s1. The van der Waals surface area contributed by atoms with E-state index in [0.717, 1.165) is 34.2 Å². The third kappa shape index (κ3) is 8.50. The van der Waals surface area contributed by atoms with Crippen molar-refractivity contribution >= 4 is 48.7 Å². The Bertz CT molecular complexity index is 1520. The van der Waals surface area contributed by atoms with Crippen molar-refractivity contribution in [2.45, 2.75) is 68.3 Å². The van der Waals surface area contributed by atoms with E-state index in [4.69, 9.17) is 19.0 Å². The summed E-state index contributed by atoms with van der Waals surface area (Å²) in [7, 11) is -4.28. The lowest BCUT2D eigenvalue weighted by atomic mass is 10.0. The van der Waals surface area contributed by atoms with Crippen molar-refractivity contribution in [2.75, 3.05) is 31.9 Å². The third-order valence-electron chi connectivity index (χ3n) is 7.23. The third-order valence-corrected chi connectivity index (χ3v) is 9.78. The summed E-state index contributed by atoms with van der Waals surface area (Å²) in [5.41, 5.74) is 1.35. The maximum absolute atomic E-state index is 14.0. The molecule has 2 heterocycles. The quantitative estimate of drug-likeness (QED) is 0.248. The van der Waals surface area contributed by atoms with Gasteiger partial charge in [0.25, 0.3) is 10.0 Å². The van der Waals surface area contributed by atoms with Gasteiger partial charge < -0.3 is 30.0 Å². The molecule has 3 N–H and O–H groups in total. The maximum atomic E-state index is 14.0. The van der Waals surface area contributed by atoms with Gasteiger partial charge in [0.2, 0.25) is 5.91 Å². The first-order valence-electron chi connectivity index (χ1n) is 14.4. The van der Waals surface area contributed by atoms with E-state index in [9.17, 15) is 23.1 Å². The maximum Gasteiger partial charge on any atom is 0.407 e. The van der Waals surface area contributed by atoms with Crippen molar-refractivity contribution in [1.29, 1.82) is 0 Å². The normalized spacial score (nSPS) is 17.9. The Morgan fingerprint density at radius 3 is 2.55 bits per heavy atom. The lowest BCUT2D eigenvalue weighted by Crippen LogP contribution is -2.52. The number of carbonyl (C=O) groups excluding carboxylic acids is 2. The van der Waals surface area contributed by atoms with E-state index in [1.54, 1.807) is 6.07 Å². The van der Waals surface area contributed by atoms with Crippen molar-refractivity contribution in [3.63, 3.8) is 0 Å². The highest BCUT2D eigenvalue weighted by atomic mass is 32.2. The molecule has 2 fully saturated rings. The number of hydroxylamine groups is 1. The van der Waals surface area contributed by atoms with Crippen LogP contribution in [0, 0.1) is 0 Å². The lowest BCUT2D eigenvalue weighted by molar-refractivity contribution is -0.153. The zero-order valence-corrected chi connectivity index (χ0v) is 25.8. The van der Waals surface area contributed by atoms with E-state index in [1.807, 2.05) is 30.3 Å². The number of aliphatic hydroxyl groups is 1. The van der Waals surface area contributed by atoms with E-state index in [1.165, 1.54) is 19.1 Å². The van der Waals surface area contributed by atoms with Crippen LogP contribution in [-0.2, 0) is 40.3 Å². The summed E-state index contributed by atoms with van der Waals surface area (Å²) in [5.74, 6) is -0.287. The van der Waals surface area contributed by atoms with Gasteiger partial charge in [0, 0.05) is 6.92 Å². The molecule has 0 bridgehead atoms. The molecule has 0 spiro atoms. The van der Waals surface area contributed by atoms with Crippen LogP contribution in [0.15, 0.2) is 53.4 Å². The molecule has 5 rings (SSSR count). The second kappa shape index (κ2) is 14.7. The Kier molecular flexibility index (Phi) is 10.8. The summed E-state index contributed by atoms with van der Waals surface area (Å²) in [6.45, 7) is 1.39. The summed E-state index contributed by atoms with van der Waals surface area (Å²) in [6.07, 6.45) is 0.235. The summed E-state index contributed by atoms with van der Waals surface area (Å²) >= 11 is 1.15. The minimum absolute atomic E-state index is 0.0579. The van der Waals surface area contributed by atoms with Crippen LogP contribution in [0.5, 0.6) is 0 Å². The molecule has 1 saturated heterocycles. The molecule has 13 nitrogen and oxygen atoms in total. The number of carbonyl (C=O) groups is 2. The second-order valence-electron chi connectivity index (χ2n) is 10.7. The predicted octanol–water partition coefficient (Wildman–Crippen LogP) is 3.19. The van der Waals surface area contributed by atoms with Gasteiger partial charge in [0.1, 0.15) is 6.79 Å².